The number of hydrogen-bond donors (Lipinski definition) is 1. The van der Waals surface area contributed by atoms with E-state index in [1.165, 1.54) is 0 Å². The summed E-state index contributed by atoms with van der Waals surface area (Å²) < 4.78 is 7.39. The van der Waals surface area contributed by atoms with Crippen molar-refractivity contribution in [3.8, 4) is 23.0 Å². The van der Waals surface area contributed by atoms with Gasteiger partial charge in [0.1, 0.15) is 11.4 Å². The zero-order valence-electron chi connectivity index (χ0n) is 17.4. The zero-order chi connectivity index (χ0) is 21.1. The van der Waals surface area contributed by atoms with Gasteiger partial charge in [0.05, 0.1) is 30.9 Å². The van der Waals surface area contributed by atoms with E-state index in [1.807, 2.05) is 54.9 Å². The van der Waals surface area contributed by atoms with Crippen molar-refractivity contribution in [1.29, 1.82) is 0 Å². The highest BCUT2D eigenvalue weighted by Gasteiger charge is 2.14. The van der Waals surface area contributed by atoms with Gasteiger partial charge in [-0.15, -0.1) is 10.2 Å². The number of aryl methyl sites for hydroxylation is 2. The number of imidazole rings is 1. The first kappa shape index (κ1) is 19.5. The number of aromatic nitrogens is 6. The minimum atomic E-state index is 0.0861. The van der Waals surface area contributed by atoms with E-state index in [0.717, 1.165) is 28.3 Å². The summed E-state index contributed by atoms with van der Waals surface area (Å²) in [5.41, 5.74) is 5.23. The van der Waals surface area contributed by atoms with E-state index < -0.39 is 0 Å². The van der Waals surface area contributed by atoms with Crippen molar-refractivity contribution in [1.82, 2.24) is 29.7 Å². The average molecular weight is 401 g/mol. The summed E-state index contributed by atoms with van der Waals surface area (Å²) in [6.07, 6.45) is 7.22. The lowest BCUT2D eigenvalue weighted by Crippen LogP contribution is -2.10. The van der Waals surface area contributed by atoms with Crippen molar-refractivity contribution in [3.63, 3.8) is 0 Å². The van der Waals surface area contributed by atoms with E-state index in [9.17, 15) is 0 Å². The van der Waals surface area contributed by atoms with Crippen molar-refractivity contribution in [3.05, 3.63) is 72.1 Å². The molecule has 4 rings (SSSR count). The van der Waals surface area contributed by atoms with Crippen molar-refractivity contribution >= 4 is 5.82 Å². The molecule has 30 heavy (non-hydrogen) atoms. The smallest absolute Gasteiger partial charge is 0.238 e. The Labute approximate surface area is 175 Å². The summed E-state index contributed by atoms with van der Waals surface area (Å²) in [6.45, 7) is 6.02. The largest absolute Gasteiger partial charge is 0.479 e. The summed E-state index contributed by atoms with van der Waals surface area (Å²) in [5.74, 6) is 1.23. The molecule has 0 aliphatic rings. The monoisotopic (exact) mass is 401 g/mol. The second-order valence-electron chi connectivity index (χ2n) is 7.05. The third-order valence-corrected chi connectivity index (χ3v) is 4.83. The molecule has 0 saturated heterocycles. The van der Waals surface area contributed by atoms with Gasteiger partial charge < -0.3 is 14.6 Å². The fraction of sp³-hybridized carbons (Fsp3) is 0.227. The summed E-state index contributed by atoms with van der Waals surface area (Å²) in [4.78, 5) is 12.9. The van der Waals surface area contributed by atoms with Gasteiger partial charge in [-0.2, -0.15) is 0 Å². The Hall–Kier alpha value is -3.81. The molecule has 152 valence electrons. The number of methoxy groups -OCH3 is 1. The molecule has 0 spiro atoms. The van der Waals surface area contributed by atoms with Crippen LogP contribution in [0.15, 0.2) is 55.2 Å². The van der Waals surface area contributed by atoms with Crippen LogP contribution in [0.3, 0.4) is 0 Å². The molecule has 0 aliphatic heterocycles. The number of hydrogen-bond acceptors (Lipinski definition) is 7. The van der Waals surface area contributed by atoms with Crippen LogP contribution in [-0.4, -0.2) is 36.8 Å². The van der Waals surface area contributed by atoms with Gasteiger partial charge in [-0.25, -0.2) is 9.97 Å². The molecule has 4 heterocycles. The Kier molecular flexibility index (Phi) is 5.38. The predicted molar refractivity (Wildman–Crippen MR) is 115 cm³/mol. The van der Waals surface area contributed by atoms with Crippen LogP contribution in [0, 0.1) is 13.8 Å². The molecule has 1 unspecified atom stereocenters. The maximum absolute atomic E-state index is 5.50. The lowest BCUT2D eigenvalue weighted by atomic mass is 10.1. The molecular weight excluding hydrogens is 378 g/mol. The molecule has 1 N–H and O–H groups in total. The lowest BCUT2D eigenvalue weighted by molar-refractivity contribution is 0.396. The van der Waals surface area contributed by atoms with Gasteiger partial charge in [-0.05, 0) is 62.2 Å². The van der Waals surface area contributed by atoms with Gasteiger partial charge in [0, 0.05) is 18.6 Å². The Morgan fingerprint density at radius 3 is 2.50 bits per heavy atom. The zero-order valence-corrected chi connectivity index (χ0v) is 17.4. The second kappa shape index (κ2) is 8.28. The number of pyridine rings is 2. The van der Waals surface area contributed by atoms with Crippen LogP contribution in [0.2, 0.25) is 0 Å². The standard InChI is InChI=1S/C22H23N7O/c1-14-11-19(27-28-21(14)25-16(3)17-7-9-23-10-8-17)18-5-6-20(22(26-18)30-4)29-12-15(2)24-13-29/h5-13,16H,1-4H3,(H,25,28). The van der Waals surface area contributed by atoms with Crippen molar-refractivity contribution in [2.45, 2.75) is 26.8 Å². The average Bonchev–Trinajstić information content (AvgIpc) is 3.21. The first-order chi connectivity index (χ1) is 14.5. The van der Waals surface area contributed by atoms with Crippen LogP contribution in [0.5, 0.6) is 5.88 Å². The molecule has 0 saturated carbocycles. The third-order valence-electron chi connectivity index (χ3n) is 4.83. The van der Waals surface area contributed by atoms with Gasteiger partial charge in [0.15, 0.2) is 5.82 Å². The lowest BCUT2D eigenvalue weighted by Gasteiger charge is -2.16. The number of nitrogens with one attached hydrogen (secondary N) is 1. The number of nitrogens with zero attached hydrogens (tertiary/aromatic N) is 6. The fourth-order valence-corrected chi connectivity index (χ4v) is 3.17. The highest BCUT2D eigenvalue weighted by Crippen LogP contribution is 2.27. The normalized spacial score (nSPS) is 11.9. The molecule has 0 bridgehead atoms. The Morgan fingerprint density at radius 2 is 1.83 bits per heavy atom. The van der Waals surface area contributed by atoms with Crippen molar-refractivity contribution in [2.24, 2.45) is 0 Å². The molecule has 4 aromatic heterocycles. The minimum Gasteiger partial charge on any atom is -0.479 e. The molecule has 8 nitrogen and oxygen atoms in total. The van der Waals surface area contributed by atoms with Gasteiger partial charge in [0.25, 0.3) is 0 Å². The summed E-state index contributed by atoms with van der Waals surface area (Å²) in [7, 11) is 1.60. The predicted octanol–water partition coefficient (Wildman–Crippen LogP) is 3.92. The summed E-state index contributed by atoms with van der Waals surface area (Å²) in [5, 5.41) is 12.2. The van der Waals surface area contributed by atoms with Crippen LogP contribution < -0.4 is 10.1 Å². The molecule has 0 radical (unpaired) electrons. The third kappa shape index (κ3) is 3.98. The fourth-order valence-electron chi connectivity index (χ4n) is 3.17. The van der Waals surface area contributed by atoms with Gasteiger partial charge >= 0.3 is 0 Å². The molecule has 8 heteroatoms. The highest BCUT2D eigenvalue weighted by molar-refractivity contribution is 5.61. The molecular formula is C22H23N7O. The molecule has 0 fully saturated rings. The van der Waals surface area contributed by atoms with Gasteiger partial charge in [-0.3, -0.25) is 4.98 Å². The van der Waals surface area contributed by atoms with Crippen LogP contribution in [0.4, 0.5) is 5.82 Å². The number of rotatable bonds is 6. The van der Waals surface area contributed by atoms with E-state index in [4.69, 9.17) is 4.74 Å². The minimum absolute atomic E-state index is 0.0861. The van der Waals surface area contributed by atoms with Gasteiger partial charge in [-0.1, -0.05) is 0 Å². The second-order valence-corrected chi connectivity index (χ2v) is 7.05. The molecule has 0 amide bonds. The quantitative estimate of drug-likeness (QED) is 0.524. The molecule has 0 aromatic carbocycles. The number of ether oxygens (including phenoxy) is 1. The van der Waals surface area contributed by atoms with Crippen LogP contribution in [0.25, 0.3) is 17.1 Å². The molecule has 1 atom stereocenters. The van der Waals surface area contributed by atoms with Crippen LogP contribution in [0.1, 0.15) is 29.8 Å². The van der Waals surface area contributed by atoms with Crippen molar-refractivity contribution in [2.75, 3.05) is 12.4 Å². The first-order valence-corrected chi connectivity index (χ1v) is 9.62. The van der Waals surface area contributed by atoms with Crippen LogP contribution in [-0.2, 0) is 0 Å². The van der Waals surface area contributed by atoms with E-state index >= 15 is 0 Å². The molecule has 4 aromatic rings. The SMILES string of the molecule is COc1nc(-c2cc(C)c(NC(C)c3ccncc3)nn2)ccc1-n1cnc(C)c1. The van der Waals surface area contributed by atoms with Gasteiger partial charge in [0.2, 0.25) is 5.88 Å². The Morgan fingerprint density at radius 1 is 1.03 bits per heavy atom. The molecule has 0 aliphatic carbocycles. The Balaban J connectivity index is 1.59. The maximum atomic E-state index is 5.50. The van der Waals surface area contributed by atoms with E-state index in [2.05, 4.69) is 37.4 Å². The maximum Gasteiger partial charge on any atom is 0.238 e. The van der Waals surface area contributed by atoms with E-state index in [1.54, 1.807) is 25.8 Å². The summed E-state index contributed by atoms with van der Waals surface area (Å²) in [6, 6.07) is 9.86. The Bertz CT molecular complexity index is 1160. The van der Waals surface area contributed by atoms with Crippen LogP contribution >= 0.6 is 0 Å². The highest BCUT2D eigenvalue weighted by atomic mass is 16.5. The van der Waals surface area contributed by atoms with E-state index in [0.29, 0.717) is 17.3 Å². The number of anilines is 1. The van der Waals surface area contributed by atoms with E-state index in [-0.39, 0.29) is 6.04 Å². The van der Waals surface area contributed by atoms with Crippen molar-refractivity contribution < 1.29 is 4.74 Å². The topological polar surface area (TPSA) is 90.6 Å². The first-order valence-electron chi connectivity index (χ1n) is 9.62. The summed E-state index contributed by atoms with van der Waals surface area (Å²) >= 11 is 0.